The van der Waals surface area contributed by atoms with Crippen LogP contribution in [0.2, 0.25) is 0 Å². The molecule has 1 aromatic heterocycles. The van der Waals surface area contributed by atoms with Crippen LogP contribution in [-0.2, 0) is 14.3 Å². The summed E-state index contributed by atoms with van der Waals surface area (Å²) in [7, 11) is 0. The Bertz CT molecular complexity index is 1060. The van der Waals surface area contributed by atoms with Gasteiger partial charge in [-0.3, -0.25) is 0 Å². The fourth-order valence-corrected chi connectivity index (χ4v) is 3.35. The predicted molar refractivity (Wildman–Crippen MR) is 117 cm³/mol. The molecule has 0 atom stereocenters. The largest absolute Gasteiger partial charge is 0.481 e. The van der Waals surface area contributed by atoms with Crippen molar-refractivity contribution in [2.24, 2.45) is 0 Å². The van der Waals surface area contributed by atoms with Crippen LogP contribution in [0.4, 0.5) is 0 Å². The molecule has 0 aliphatic heterocycles. The molecule has 0 saturated carbocycles. The molecule has 2 aromatic carbocycles. The molecule has 6 nitrogen and oxygen atoms in total. The Balaban J connectivity index is 2.02. The van der Waals surface area contributed by atoms with Crippen LogP contribution in [0.15, 0.2) is 51.4 Å². The Morgan fingerprint density at radius 1 is 1.10 bits per heavy atom. The Morgan fingerprint density at radius 2 is 1.80 bits per heavy atom. The highest BCUT2D eigenvalue weighted by Crippen LogP contribution is 2.39. The molecule has 0 aliphatic carbocycles. The molecule has 3 rings (SSSR count). The molecule has 1 heterocycles. The van der Waals surface area contributed by atoms with Crippen molar-refractivity contribution in [3.05, 3.63) is 52.5 Å². The summed E-state index contributed by atoms with van der Waals surface area (Å²) >= 11 is 3.43. The SMILES string of the molecule is CCOC(=O)c1c(-c2ccccc2)oc2cc(Br)c(OCC(=O)OC(C)(C)C)cc12. The van der Waals surface area contributed by atoms with Gasteiger partial charge in [0, 0.05) is 10.9 Å². The molecule has 0 saturated heterocycles. The lowest BCUT2D eigenvalue weighted by Gasteiger charge is -2.19. The number of esters is 2. The second-order valence-electron chi connectivity index (χ2n) is 7.55. The van der Waals surface area contributed by atoms with Gasteiger partial charge in [-0.15, -0.1) is 0 Å². The van der Waals surface area contributed by atoms with E-state index in [1.807, 2.05) is 30.3 Å². The molecular weight excluding hydrogens is 452 g/mol. The van der Waals surface area contributed by atoms with Crippen LogP contribution in [0.3, 0.4) is 0 Å². The molecule has 0 fully saturated rings. The molecule has 0 N–H and O–H groups in total. The quantitative estimate of drug-likeness (QED) is 0.422. The minimum atomic E-state index is -0.603. The molecular formula is C23H23BrO6. The second kappa shape index (κ2) is 8.92. The van der Waals surface area contributed by atoms with Gasteiger partial charge in [0.1, 0.15) is 28.3 Å². The zero-order chi connectivity index (χ0) is 21.9. The van der Waals surface area contributed by atoms with Crippen LogP contribution in [-0.4, -0.2) is 30.8 Å². The number of hydrogen-bond donors (Lipinski definition) is 0. The zero-order valence-electron chi connectivity index (χ0n) is 17.3. The van der Waals surface area contributed by atoms with Crippen molar-refractivity contribution in [3.63, 3.8) is 0 Å². The van der Waals surface area contributed by atoms with Crippen LogP contribution >= 0.6 is 15.9 Å². The van der Waals surface area contributed by atoms with E-state index in [0.717, 1.165) is 5.56 Å². The van der Waals surface area contributed by atoms with E-state index in [2.05, 4.69) is 15.9 Å². The lowest BCUT2D eigenvalue weighted by molar-refractivity contribution is -0.157. The Labute approximate surface area is 183 Å². The zero-order valence-corrected chi connectivity index (χ0v) is 18.9. The maximum atomic E-state index is 12.7. The topological polar surface area (TPSA) is 75.0 Å². The van der Waals surface area contributed by atoms with Gasteiger partial charge in [0.15, 0.2) is 6.61 Å². The van der Waals surface area contributed by atoms with Gasteiger partial charge >= 0.3 is 11.9 Å². The molecule has 0 spiro atoms. The van der Waals surface area contributed by atoms with Crippen molar-refractivity contribution in [2.45, 2.75) is 33.3 Å². The molecule has 0 aliphatic rings. The maximum absolute atomic E-state index is 12.7. The van der Waals surface area contributed by atoms with E-state index in [4.69, 9.17) is 18.6 Å². The maximum Gasteiger partial charge on any atom is 0.344 e. The number of halogens is 1. The normalized spacial score (nSPS) is 11.4. The number of hydrogen-bond acceptors (Lipinski definition) is 6. The first kappa shape index (κ1) is 21.9. The fourth-order valence-electron chi connectivity index (χ4n) is 2.92. The summed E-state index contributed by atoms with van der Waals surface area (Å²) < 4.78 is 22.8. The summed E-state index contributed by atoms with van der Waals surface area (Å²) in [6, 6.07) is 12.7. The second-order valence-corrected chi connectivity index (χ2v) is 8.40. The highest BCUT2D eigenvalue weighted by Gasteiger charge is 2.25. The summed E-state index contributed by atoms with van der Waals surface area (Å²) in [6.07, 6.45) is 0. The molecule has 0 bridgehead atoms. The van der Waals surface area contributed by atoms with Gasteiger partial charge in [0.05, 0.1) is 11.1 Å². The number of carbonyl (C=O) groups excluding carboxylic acids is 2. The van der Waals surface area contributed by atoms with Gasteiger partial charge in [0.25, 0.3) is 0 Å². The van der Waals surface area contributed by atoms with Gasteiger partial charge in [-0.25, -0.2) is 9.59 Å². The van der Waals surface area contributed by atoms with Gasteiger partial charge < -0.3 is 18.6 Å². The predicted octanol–water partition coefficient (Wildman–Crippen LogP) is 5.76. The molecule has 7 heteroatoms. The number of benzene rings is 2. The number of carbonyl (C=O) groups is 2. The fraction of sp³-hybridized carbons (Fsp3) is 0.304. The molecule has 0 radical (unpaired) electrons. The van der Waals surface area contributed by atoms with Crippen LogP contribution in [0, 0.1) is 0 Å². The van der Waals surface area contributed by atoms with E-state index in [0.29, 0.717) is 32.5 Å². The highest BCUT2D eigenvalue weighted by molar-refractivity contribution is 9.10. The van der Waals surface area contributed by atoms with Gasteiger partial charge in [-0.2, -0.15) is 0 Å². The third-order valence-corrected chi connectivity index (χ3v) is 4.64. The number of furan rings is 1. The van der Waals surface area contributed by atoms with Crippen molar-refractivity contribution in [1.82, 2.24) is 0 Å². The number of rotatable bonds is 6. The molecule has 0 amide bonds. The smallest absolute Gasteiger partial charge is 0.344 e. The van der Waals surface area contributed by atoms with Crippen LogP contribution in [0.5, 0.6) is 5.75 Å². The Hall–Kier alpha value is -2.80. The van der Waals surface area contributed by atoms with Crippen molar-refractivity contribution < 1.29 is 28.2 Å². The van der Waals surface area contributed by atoms with Crippen molar-refractivity contribution >= 4 is 38.8 Å². The lowest BCUT2D eigenvalue weighted by Crippen LogP contribution is -2.27. The minimum absolute atomic E-state index is 0.234. The Morgan fingerprint density at radius 3 is 2.43 bits per heavy atom. The van der Waals surface area contributed by atoms with E-state index >= 15 is 0 Å². The highest BCUT2D eigenvalue weighted by atomic mass is 79.9. The molecule has 30 heavy (non-hydrogen) atoms. The van der Waals surface area contributed by atoms with E-state index in [-0.39, 0.29) is 13.2 Å². The van der Waals surface area contributed by atoms with E-state index in [1.165, 1.54) is 0 Å². The summed E-state index contributed by atoms with van der Waals surface area (Å²) in [5.41, 5.74) is 0.957. The van der Waals surface area contributed by atoms with Crippen LogP contribution < -0.4 is 4.74 Å². The van der Waals surface area contributed by atoms with Crippen molar-refractivity contribution in [1.29, 1.82) is 0 Å². The van der Waals surface area contributed by atoms with Crippen molar-refractivity contribution in [2.75, 3.05) is 13.2 Å². The third kappa shape index (κ3) is 5.02. The van der Waals surface area contributed by atoms with E-state index in [1.54, 1.807) is 39.8 Å². The van der Waals surface area contributed by atoms with Crippen LogP contribution in [0.25, 0.3) is 22.3 Å². The molecule has 0 unspecified atom stereocenters. The van der Waals surface area contributed by atoms with E-state index in [9.17, 15) is 9.59 Å². The molecule has 158 valence electrons. The first-order valence-corrected chi connectivity index (χ1v) is 10.3. The number of ether oxygens (including phenoxy) is 3. The number of fused-ring (bicyclic) bond motifs is 1. The van der Waals surface area contributed by atoms with Gasteiger partial charge in [-0.1, -0.05) is 30.3 Å². The van der Waals surface area contributed by atoms with Crippen molar-refractivity contribution in [3.8, 4) is 17.1 Å². The van der Waals surface area contributed by atoms with Gasteiger partial charge in [0.2, 0.25) is 0 Å². The monoisotopic (exact) mass is 474 g/mol. The summed E-state index contributed by atoms with van der Waals surface area (Å²) in [6.45, 7) is 7.07. The standard InChI is InChI=1S/C23H23BrO6/c1-5-27-22(26)20-15-11-18(28-13-19(25)30-23(2,3)4)16(24)12-17(15)29-21(20)14-9-7-6-8-10-14/h6-12H,5,13H2,1-4H3. The first-order chi connectivity index (χ1) is 14.2. The Kier molecular flexibility index (Phi) is 6.51. The lowest BCUT2D eigenvalue weighted by atomic mass is 10.1. The third-order valence-electron chi connectivity index (χ3n) is 4.02. The summed E-state index contributed by atoms with van der Waals surface area (Å²) in [5.74, 6) is -0.174. The van der Waals surface area contributed by atoms with E-state index < -0.39 is 17.5 Å². The average molecular weight is 475 g/mol. The van der Waals surface area contributed by atoms with Crippen LogP contribution in [0.1, 0.15) is 38.1 Å². The summed E-state index contributed by atoms with van der Waals surface area (Å²) in [5, 5.41) is 0.537. The molecule has 3 aromatic rings. The minimum Gasteiger partial charge on any atom is -0.481 e. The summed E-state index contributed by atoms with van der Waals surface area (Å²) in [4.78, 5) is 24.7. The van der Waals surface area contributed by atoms with Gasteiger partial charge in [-0.05, 0) is 55.8 Å². The first-order valence-electron chi connectivity index (χ1n) is 9.53. The average Bonchev–Trinajstić information content (AvgIpc) is 3.04.